The Hall–Kier alpha value is -7.31. The minimum absolute atomic E-state index is 0.0142. The molecule has 0 amide bonds. The highest BCUT2D eigenvalue weighted by atomic mass is 16.5. The molecule has 0 N–H and O–H groups in total. The van der Waals surface area contributed by atoms with E-state index in [1.165, 1.54) is 33.8 Å². The van der Waals surface area contributed by atoms with E-state index >= 15 is 0 Å². The van der Waals surface area contributed by atoms with Crippen molar-refractivity contribution < 1.29 is 9.15 Å². The molecule has 4 heterocycles. The number of benzene rings is 7. The van der Waals surface area contributed by atoms with E-state index in [0.29, 0.717) is 6.67 Å². The van der Waals surface area contributed by atoms with Gasteiger partial charge in [0, 0.05) is 51.2 Å². The van der Waals surface area contributed by atoms with Crippen molar-refractivity contribution in [1.29, 1.82) is 0 Å². The van der Waals surface area contributed by atoms with Crippen LogP contribution in [0.25, 0.3) is 60.7 Å². The third-order valence-electron chi connectivity index (χ3n) is 13.4. The standard InChI is InChI=1S/C60H56N4O2/c1-58(2,3)40-27-28-61-57(34-40)64-51-25-21-38(39-22-26-56-50(30-39)48-17-10-13-20-55(48)66-56)29-49(51)47-24-23-46(36-54(47)64)65-45-16-14-15-43(35-45)62-37-63(53-19-12-11-18-52(53)62)44-32-41(59(4,5)6)31-42(33-44)60(7,8)9/h10-36H,37H2,1-9H3. The minimum Gasteiger partial charge on any atom is -0.457 e. The molecule has 6 heteroatoms. The molecule has 1 aliphatic rings. The highest BCUT2D eigenvalue weighted by molar-refractivity contribution is 6.11. The Kier molecular flexibility index (Phi) is 9.49. The summed E-state index contributed by atoms with van der Waals surface area (Å²) in [4.78, 5) is 9.83. The Balaban J connectivity index is 0.975. The van der Waals surface area contributed by atoms with Crippen LogP contribution in [-0.4, -0.2) is 16.2 Å². The van der Waals surface area contributed by atoms with Crippen LogP contribution in [0, 0.1) is 0 Å². The Morgan fingerprint density at radius 2 is 1.09 bits per heavy atom. The molecule has 0 saturated carbocycles. The third kappa shape index (κ3) is 7.25. The van der Waals surface area contributed by atoms with Crippen molar-refractivity contribution in [3.05, 3.63) is 181 Å². The van der Waals surface area contributed by atoms with E-state index in [4.69, 9.17) is 14.1 Å². The average Bonchev–Trinajstić information content (AvgIpc) is 3.97. The summed E-state index contributed by atoms with van der Waals surface area (Å²) in [6.07, 6.45) is 1.93. The zero-order valence-corrected chi connectivity index (χ0v) is 39.4. The van der Waals surface area contributed by atoms with E-state index in [2.05, 4.69) is 216 Å². The van der Waals surface area contributed by atoms with Gasteiger partial charge in [-0.25, -0.2) is 4.98 Å². The fourth-order valence-electron chi connectivity index (χ4n) is 9.54. The quantitative estimate of drug-likeness (QED) is 0.167. The lowest BCUT2D eigenvalue weighted by Gasteiger charge is -2.29. The van der Waals surface area contributed by atoms with Crippen molar-refractivity contribution in [3.8, 4) is 28.4 Å². The van der Waals surface area contributed by atoms with Crippen molar-refractivity contribution >= 4 is 66.5 Å². The molecule has 0 bridgehead atoms. The van der Waals surface area contributed by atoms with Gasteiger partial charge in [0.2, 0.25) is 0 Å². The van der Waals surface area contributed by atoms with E-state index in [0.717, 1.165) is 77.9 Å². The molecule has 6 nitrogen and oxygen atoms in total. The van der Waals surface area contributed by atoms with Gasteiger partial charge < -0.3 is 19.0 Å². The van der Waals surface area contributed by atoms with Crippen molar-refractivity contribution in [3.63, 3.8) is 0 Å². The first-order valence-corrected chi connectivity index (χ1v) is 23.1. The van der Waals surface area contributed by atoms with Crippen LogP contribution in [-0.2, 0) is 16.2 Å². The van der Waals surface area contributed by atoms with E-state index in [1.54, 1.807) is 0 Å². The Bertz CT molecular complexity index is 3480. The first-order valence-electron chi connectivity index (χ1n) is 23.1. The minimum atomic E-state index is -0.0441. The Morgan fingerprint density at radius 3 is 1.82 bits per heavy atom. The van der Waals surface area contributed by atoms with Crippen LogP contribution in [0.3, 0.4) is 0 Å². The van der Waals surface area contributed by atoms with Gasteiger partial charge in [-0.3, -0.25) is 4.57 Å². The Labute approximate surface area is 387 Å². The molecule has 0 spiro atoms. The van der Waals surface area contributed by atoms with Gasteiger partial charge in [0.15, 0.2) is 0 Å². The number of pyridine rings is 1. The van der Waals surface area contributed by atoms with Crippen molar-refractivity contribution in [2.24, 2.45) is 0 Å². The molecular weight excluding hydrogens is 809 g/mol. The van der Waals surface area contributed by atoms with Gasteiger partial charge in [0.05, 0.1) is 22.4 Å². The van der Waals surface area contributed by atoms with Crippen LogP contribution in [0.1, 0.15) is 79.0 Å². The number of hydrogen-bond donors (Lipinski definition) is 0. The zero-order chi connectivity index (χ0) is 45.7. The first kappa shape index (κ1) is 41.4. The fraction of sp³-hybridized carbons (Fsp3) is 0.217. The smallest absolute Gasteiger partial charge is 0.137 e. The maximum absolute atomic E-state index is 6.84. The van der Waals surface area contributed by atoms with Crippen molar-refractivity contribution in [2.75, 3.05) is 16.5 Å². The lowest BCUT2D eigenvalue weighted by atomic mass is 9.80. The summed E-state index contributed by atoms with van der Waals surface area (Å²) in [5.74, 6) is 2.40. The molecular formula is C60H56N4O2. The predicted octanol–water partition coefficient (Wildman–Crippen LogP) is 16.7. The molecule has 11 rings (SSSR count). The summed E-state index contributed by atoms with van der Waals surface area (Å²) in [6.45, 7) is 21.2. The largest absolute Gasteiger partial charge is 0.457 e. The number of furan rings is 1. The van der Waals surface area contributed by atoms with Crippen LogP contribution in [0.2, 0.25) is 0 Å². The number of para-hydroxylation sites is 3. The molecule has 7 aromatic carbocycles. The average molecular weight is 865 g/mol. The van der Waals surface area contributed by atoms with Gasteiger partial charge in [-0.15, -0.1) is 0 Å². The summed E-state index contributed by atoms with van der Waals surface area (Å²) >= 11 is 0. The number of hydrogen-bond acceptors (Lipinski definition) is 5. The second-order valence-corrected chi connectivity index (χ2v) is 21.1. The second kappa shape index (κ2) is 15.1. The number of nitrogens with zero attached hydrogens (tertiary/aromatic N) is 4. The summed E-state index contributed by atoms with van der Waals surface area (Å²) < 4.78 is 15.3. The summed E-state index contributed by atoms with van der Waals surface area (Å²) in [5.41, 5.74) is 14.7. The van der Waals surface area contributed by atoms with Crippen LogP contribution < -0.4 is 14.5 Å². The highest BCUT2D eigenvalue weighted by Gasteiger charge is 2.30. The summed E-state index contributed by atoms with van der Waals surface area (Å²) in [6, 6.07) is 56.7. The van der Waals surface area contributed by atoms with Gasteiger partial charge in [0.1, 0.15) is 35.2 Å². The molecule has 10 aromatic rings. The third-order valence-corrected chi connectivity index (χ3v) is 13.4. The number of rotatable bonds is 6. The molecule has 0 atom stereocenters. The number of anilines is 4. The van der Waals surface area contributed by atoms with Crippen LogP contribution in [0.15, 0.2) is 168 Å². The zero-order valence-electron chi connectivity index (χ0n) is 39.4. The molecule has 0 saturated heterocycles. The number of aromatic nitrogens is 2. The van der Waals surface area contributed by atoms with Gasteiger partial charge in [-0.2, -0.15) is 0 Å². The van der Waals surface area contributed by atoms with Gasteiger partial charge in [-0.1, -0.05) is 117 Å². The van der Waals surface area contributed by atoms with Crippen molar-refractivity contribution in [1.82, 2.24) is 9.55 Å². The predicted molar refractivity (Wildman–Crippen MR) is 276 cm³/mol. The van der Waals surface area contributed by atoms with Gasteiger partial charge in [0.25, 0.3) is 0 Å². The van der Waals surface area contributed by atoms with Crippen molar-refractivity contribution in [2.45, 2.75) is 78.6 Å². The summed E-state index contributed by atoms with van der Waals surface area (Å²) in [7, 11) is 0. The lowest BCUT2D eigenvalue weighted by Crippen LogP contribution is -2.25. The molecule has 0 unspecified atom stereocenters. The molecule has 66 heavy (non-hydrogen) atoms. The van der Waals surface area contributed by atoms with E-state index in [9.17, 15) is 0 Å². The molecule has 1 aliphatic heterocycles. The van der Waals surface area contributed by atoms with E-state index in [1.807, 2.05) is 24.4 Å². The van der Waals surface area contributed by atoms with E-state index < -0.39 is 0 Å². The summed E-state index contributed by atoms with van der Waals surface area (Å²) in [5, 5.41) is 4.52. The topological polar surface area (TPSA) is 46.7 Å². The number of fused-ring (bicyclic) bond motifs is 7. The van der Waals surface area contributed by atoms with Gasteiger partial charge >= 0.3 is 0 Å². The molecule has 0 radical (unpaired) electrons. The normalized spacial score (nSPS) is 13.4. The molecule has 328 valence electrons. The second-order valence-electron chi connectivity index (χ2n) is 21.1. The Morgan fingerprint density at radius 1 is 0.455 bits per heavy atom. The fourth-order valence-corrected chi connectivity index (χ4v) is 9.54. The van der Waals surface area contributed by atoms with Crippen LogP contribution in [0.5, 0.6) is 11.5 Å². The lowest BCUT2D eigenvalue weighted by molar-refractivity contribution is 0.483. The molecule has 0 aliphatic carbocycles. The van der Waals surface area contributed by atoms with E-state index in [-0.39, 0.29) is 16.2 Å². The SMILES string of the molecule is CC(C)(C)c1cc(N2CN(c3cccc(Oc4ccc5c6cc(-c7ccc8oc9ccccc9c8c7)ccc6n(-c6cc(C(C)(C)C)ccn6)c5c4)c3)c3ccccc32)cc(C(C)(C)C)c1. The first-order chi connectivity index (χ1) is 31.6. The maximum Gasteiger partial charge on any atom is 0.137 e. The number of ether oxygens (including phenoxy) is 1. The maximum atomic E-state index is 6.84. The van der Waals surface area contributed by atoms with Crippen LogP contribution in [0.4, 0.5) is 22.7 Å². The monoisotopic (exact) mass is 864 g/mol. The molecule has 0 fully saturated rings. The van der Waals surface area contributed by atoms with Crippen LogP contribution >= 0.6 is 0 Å². The molecule has 3 aromatic heterocycles. The highest BCUT2D eigenvalue weighted by Crippen LogP contribution is 2.47. The van der Waals surface area contributed by atoms with Gasteiger partial charge in [-0.05, 0) is 135 Å².